The molecule has 5 rings (SSSR count). The fourth-order valence-corrected chi connectivity index (χ4v) is 15.2. The Morgan fingerprint density at radius 1 is 0.446 bits per heavy atom. The summed E-state index contributed by atoms with van der Waals surface area (Å²) < 4.78 is 0. The Bertz CT molecular complexity index is 4240. The van der Waals surface area contributed by atoms with Crippen molar-refractivity contribution in [3.63, 3.8) is 0 Å². The minimum Gasteiger partial charge on any atom is -0.481 e. The highest BCUT2D eigenvalue weighted by molar-refractivity contribution is 7.98. The summed E-state index contributed by atoms with van der Waals surface area (Å²) in [6.07, 6.45) is 3.38. The first kappa shape index (κ1) is 108. The van der Waals surface area contributed by atoms with Crippen LogP contribution in [0, 0.1) is 23.2 Å². The SMILES string of the molecule is CC[C@H](C)[C@@H]1NC(=O)[C@H](Cc2cnc[nH]2)NC(=O)[C@H](CCC(N)=O)NC(=O)CNC(=O)[C@H](CCC(N)=O)NC(=O)[C@H](Cc2cnc[nH]2)NC(=O)[C@@H]2CCCN2C(=O)[C@H](CCCCN)NC(=O)[C@H]([C@@H](C)CC)NC(=O)[C@H](CCCNC(=N)N)NC(=O)[C@H](CCSC)NC(=O)[C@H]([C@@H](C)CC)NC(=O)[C@H](CCC(N)=O)NC(=O)[C@@H]2CCCN2C(=O)[C@H](CCC(=O)O)NC(=O)CNC1=O. The van der Waals surface area contributed by atoms with E-state index in [2.05, 4.69) is 99.7 Å². The number of H-pyrrole nitrogens is 2. The maximum atomic E-state index is 15.2. The van der Waals surface area contributed by atoms with Crippen LogP contribution in [0.4, 0.5) is 0 Å². The fourth-order valence-electron chi connectivity index (χ4n) is 14.7. The Hall–Kier alpha value is -12.6. The third kappa shape index (κ3) is 35.8. The number of primary amides is 3. The van der Waals surface area contributed by atoms with E-state index in [1.54, 1.807) is 47.8 Å². The van der Waals surface area contributed by atoms with Gasteiger partial charge in [0.15, 0.2) is 5.96 Å². The van der Waals surface area contributed by atoms with Gasteiger partial charge in [-0.25, -0.2) is 9.97 Å². The Morgan fingerprint density at radius 3 is 1.22 bits per heavy atom. The van der Waals surface area contributed by atoms with E-state index < -0.39 is 291 Å². The van der Waals surface area contributed by atoms with Gasteiger partial charge in [-0.15, -0.1) is 0 Å². The molecule has 29 N–H and O–H groups in total. The van der Waals surface area contributed by atoms with Crippen LogP contribution >= 0.6 is 11.8 Å². The number of rotatable bonds is 33. The Labute approximate surface area is 756 Å². The number of guanidine groups is 1. The molecule has 3 saturated heterocycles. The van der Waals surface area contributed by atoms with Gasteiger partial charge in [0, 0.05) is 81.9 Å². The van der Waals surface area contributed by atoms with Crippen molar-refractivity contribution in [1.29, 1.82) is 5.41 Å². The van der Waals surface area contributed by atoms with Crippen LogP contribution in [-0.4, -0.2) is 295 Å². The molecule has 5 heterocycles. The molecule has 0 aromatic carbocycles. The van der Waals surface area contributed by atoms with Gasteiger partial charge in [-0.3, -0.25) is 101 Å². The van der Waals surface area contributed by atoms with Gasteiger partial charge in [0.1, 0.15) is 84.6 Å². The van der Waals surface area contributed by atoms with Crippen molar-refractivity contribution in [3.05, 3.63) is 36.4 Å². The van der Waals surface area contributed by atoms with Crippen LogP contribution in [0.2, 0.25) is 0 Å². The molecule has 3 aliphatic rings. The number of hydrogen-bond donors (Lipinski definition) is 24. The summed E-state index contributed by atoms with van der Waals surface area (Å²) >= 11 is 1.29. The van der Waals surface area contributed by atoms with E-state index in [0.29, 0.717) is 6.42 Å². The van der Waals surface area contributed by atoms with Crippen LogP contribution in [0.1, 0.15) is 188 Å². The van der Waals surface area contributed by atoms with Gasteiger partial charge < -0.3 is 133 Å². The second kappa shape index (κ2) is 55.3. The summed E-state index contributed by atoms with van der Waals surface area (Å²) in [5, 5.41) is 56.4. The summed E-state index contributed by atoms with van der Waals surface area (Å²) in [5.74, 6) is -22.0. The lowest BCUT2D eigenvalue weighted by Gasteiger charge is -2.32. The van der Waals surface area contributed by atoms with E-state index in [4.69, 9.17) is 34.1 Å². The summed E-state index contributed by atoms with van der Waals surface area (Å²) in [7, 11) is 0. The number of carboxylic acid groups (broad SMARTS) is 1. The van der Waals surface area contributed by atoms with Crippen LogP contribution in [0.5, 0.6) is 0 Å². The number of nitrogens with zero attached hydrogens (tertiary/aromatic N) is 4. The summed E-state index contributed by atoms with van der Waals surface area (Å²) in [6.45, 7) is 8.04. The van der Waals surface area contributed by atoms with Crippen LogP contribution in [0.3, 0.4) is 0 Å². The number of imidazole rings is 2. The molecule has 17 atom stereocenters. The first-order valence-electron chi connectivity index (χ1n) is 43.8. The van der Waals surface area contributed by atoms with Crippen LogP contribution in [0.15, 0.2) is 25.0 Å². The maximum absolute atomic E-state index is 15.2. The lowest BCUT2D eigenvalue weighted by Crippen LogP contribution is -2.62. The van der Waals surface area contributed by atoms with Crippen molar-refractivity contribution in [3.8, 4) is 0 Å². The van der Waals surface area contributed by atoms with E-state index in [1.165, 1.54) is 41.7 Å². The molecule has 2 aromatic rings. The third-order valence-electron chi connectivity index (χ3n) is 22.8. The number of amides is 19. The zero-order valence-electron chi connectivity index (χ0n) is 74.5. The normalized spacial score (nSPS) is 25.3. The van der Waals surface area contributed by atoms with Crippen molar-refractivity contribution < 1.29 is 101 Å². The summed E-state index contributed by atoms with van der Waals surface area (Å²) in [4.78, 5) is 299. The number of thioether (sulfide) groups is 1. The standard InChI is InChI=1S/C81H131N27O21S/c1-8-42(4)64-76(125)92-39-62(113)96-53(23-27-63(114)115)80(129)108-32-14-18-56(108)74(123)99-50(22-26-60(85)111)71(120)106-65(43(5)9-2)77(126)100-51(28-33-130-7)69(118)97-47(17-13-30-90-81(86)87)70(119)105-66(44(6)10-3)78(127)101-52(16-11-12-29-82)79(128)107-31-15-19-57(107)75(124)103-54(34-45-36-88-40-93-45)72(121)98-48(20-24-58(83)109)67(116)91-38-61(112)95-49(21-25-59(84)110)68(117)102-55(73(122)104-64)35-46-37-89-41-94-46/h36-37,40-44,47-57,64-66H,8-35,38-39,82H2,1-7H3,(H2,83,109)(H2,84,110)(H2,85,111)(H,88,93)(H,89,94)(H,91,116)(H,92,125)(H,95,112)(H,96,113)(H,97,118)(H,98,121)(H,99,123)(H,100,126)(H,101,127)(H,102,117)(H,103,124)(H,104,122)(H,105,119)(H,106,120)(H,114,115)(H4,86,87,90)/t42-,43-,44-,47-,48-,49-,50-,51-,52-,53-,54-,55-,56-,57-,64-,65-,66-/m0/s1. The molecule has 48 nitrogen and oxygen atoms in total. The Kier molecular flexibility index (Phi) is 45.9. The van der Waals surface area contributed by atoms with Gasteiger partial charge in [-0.05, 0) is 126 Å². The fraction of sp³-hybridized carbons (Fsp3) is 0.667. The first-order valence-corrected chi connectivity index (χ1v) is 45.2. The van der Waals surface area contributed by atoms with Crippen molar-refractivity contribution in [1.82, 2.24) is 109 Å². The lowest BCUT2D eigenvalue weighted by atomic mass is 9.96. The van der Waals surface area contributed by atoms with Crippen molar-refractivity contribution >= 4 is 136 Å². The number of unbranched alkanes of at least 4 members (excludes halogenated alkanes) is 1. The third-order valence-corrected chi connectivity index (χ3v) is 23.4. The average Bonchev–Trinajstić information content (AvgIpc) is 1.57. The van der Waals surface area contributed by atoms with Crippen molar-refractivity contribution in [2.24, 2.45) is 46.4 Å². The first-order chi connectivity index (χ1) is 61.7. The number of carbonyl (C=O) groups is 20. The van der Waals surface area contributed by atoms with Gasteiger partial charge >= 0.3 is 5.97 Å². The monoisotopic (exact) mass is 1850 g/mol. The van der Waals surface area contributed by atoms with Gasteiger partial charge in [-0.2, -0.15) is 11.8 Å². The van der Waals surface area contributed by atoms with E-state index in [9.17, 15) is 91.4 Å². The second-order valence-corrected chi connectivity index (χ2v) is 33.6. The number of carbonyl (C=O) groups excluding carboxylic acids is 19. The Balaban J connectivity index is 1.61. The minimum atomic E-state index is -1.71. The van der Waals surface area contributed by atoms with E-state index in [0.717, 1.165) is 4.90 Å². The predicted octanol–water partition coefficient (Wildman–Crippen LogP) is -7.09. The average molecular weight is 1850 g/mol. The van der Waals surface area contributed by atoms with Crippen molar-refractivity contribution in [2.45, 2.75) is 274 Å². The van der Waals surface area contributed by atoms with Gasteiger partial charge in [0.2, 0.25) is 112 Å². The zero-order chi connectivity index (χ0) is 96.4. The molecule has 19 amide bonds. The molecule has 130 heavy (non-hydrogen) atoms. The molecule has 0 aliphatic carbocycles. The molecular formula is C81H131N27O21S. The van der Waals surface area contributed by atoms with Gasteiger partial charge in [-0.1, -0.05) is 60.8 Å². The molecule has 3 aliphatic heterocycles. The molecule has 0 radical (unpaired) electrons. The largest absolute Gasteiger partial charge is 0.481 e. The minimum absolute atomic E-state index is 0.0129. The number of nitrogens with two attached hydrogens (primary N) is 5. The molecule has 0 spiro atoms. The van der Waals surface area contributed by atoms with Crippen LogP contribution in [-0.2, 0) is 109 Å². The van der Waals surface area contributed by atoms with Gasteiger partial charge in [0.05, 0.1) is 25.7 Å². The molecule has 0 unspecified atom stereocenters. The molecule has 49 heteroatoms. The maximum Gasteiger partial charge on any atom is 0.303 e. The quantitative estimate of drug-likeness (QED) is 0.0179. The number of aromatic nitrogens is 4. The van der Waals surface area contributed by atoms with E-state index in [1.807, 2.05) is 0 Å². The van der Waals surface area contributed by atoms with Crippen molar-refractivity contribution in [2.75, 3.05) is 51.3 Å². The van der Waals surface area contributed by atoms with Gasteiger partial charge in [0.25, 0.3) is 0 Å². The predicted molar refractivity (Wildman–Crippen MR) is 469 cm³/mol. The molecule has 0 bridgehead atoms. The number of fused-ring (bicyclic) bond motifs is 2. The van der Waals surface area contributed by atoms with E-state index >= 15 is 9.59 Å². The number of nitrogens with one attached hydrogen (secondary N) is 18. The number of hydrogen-bond acceptors (Lipinski definition) is 25. The van der Waals surface area contributed by atoms with Crippen LogP contribution in [0.25, 0.3) is 0 Å². The number of aromatic amines is 2. The molecule has 2 aromatic heterocycles. The summed E-state index contributed by atoms with van der Waals surface area (Å²) in [6, 6.07) is -21.4. The Morgan fingerprint density at radius 2 is 0.792 bits per heavy atom. The topological polar surface area (TPSA) is 760 Å². The van der Waals surface area contributed by atoms with E-state index in [-0.39, 0.29) is 133 Å². The van der Waals surface area contributed by atoms with Crippen LogP contribution < -0.4 is 108 Å². The zero-order valence-corrected chi connectivity index (χ0v) is 75.4. The highest BCUT2D eigenvalue weighted by Crippen LogP contribution is 2.25. The smallest absolute Gasteiger partial charge is 0.303 e. The number of aliphatic carboxylic acids is 1. The number of carboxylic acids is 1. The second-order valence-electron chi connectivity index (χ2n) is 32.7. The lowest BCUT2D eigenvalue weighted by molar-refractivity contribution is -0.143. The molecule has 3 fully saturated rings. The molecule has 722 valence electrons. The highest BCUT2D eigenvalue weighted by atomic mass is 32.2. The molecular weight excluding hydrogens is 1720 g/mol. The summed E-state index contributed by atoms with van der Waals surface area (Å²) in [5.41, 5.74) is 28.7. The molecule has 0 saturated carbocycles. The highest BCUT2D eigenvalue weighted by Gasteiger charge is 2.45.